The summed E-state index contributed by atoms with van der Waals surface area (Å²) in [5.41, 5.74) is 0. The van der Waals surface area contributed by atoms with E-state index < -0.39 is 0 Å². The van der Waals surface area contributed by atoms with Crippen molar-refractivity contribution in [2.24, 2.45) is 0 Å². The highest BCUT2D eigenvalue weighted by atomic mass is 32.1. The van der Waals surface area contributed by atoms with Gasteiger partial charge in [0.15, 0.2) is 0 Å². The summed E-state index contributed by atoms with van der Waals surface area (Å²) in [6, 6.07) is 4.32. The van der Waals surface area contributed by atoms with Crippen LogP contribution in [-0.2, 0) is 11.2 Å². The van der Waals surface area contributed by atoms with E-state index in [0.29, 0.717) is 13.2 Å². The van der Waals surface area contributed by atoms with Crippen molar-refractivity contribution in [3.05, 3.63) is 21.9 Å². The molecule has 1 atom stereocenters. The number of thiophene rings is 1. The molecule has 1 N–H and O–H groups in total. The van der Waals surface area contributed by atoms with Crippen molar-refractivity contribution in [1.29, 1.82) is 0 Å². The zero-order valence-corrected chi connectivity index (χ0v) is 12.3. The molecule has 4 nitrogen and oxygen atoms in total. The molecule has 1 aromatic heterocycles. The number of likely N-dealkylation sites (N-methyl/N-ethyl adjacent to an activating group) is 1. The Morgan fingerprint density at radius 1 is 1.56 bits per heavy atom. The van der Waals surface area contributed by atoms with Gasteiger partial charge in [-0.1, -0.05) is 0 Å². The third-order valence-electron chi connectivity index (χ3n) is 2.65. The summed E-state index contributed by atoms with van der Waals surface area (Å²) in [7, 11) is 3.41. The maximum Gasteiger partial charge on any atom is 0.317 e. The van der Waals surface area contributed by atoms with Crippen molar-refractivity contribution in [1.82, 2.24) is 10.2 Å². The molecule has 0 aliphatic heterocycles. The van der Waals surface area contributed by atoms with Crippen LogP contribution in [0.3, 0.4) is 0 Å². The van der Waals surface area contributed by atoms with E-state index in [1.807, 2.05) is 6.92 Å². The molecule has 0 aromatic carbocycles. The van der Waals surface area contributed by atoms with Gasteiger partial charge in [-0.25, -0.2) is 4.79 Å². The number of urea groups is 1. The second-order valence-electron chi connectivity index (χ2n) is 4.48. The second kappa shape index (κ2) is 7.38. The Morgan fingerprint density at radius 2 is 2.28 bits per heavy atom. The number of nitrogens with zero attached hydrogens (tertiary/aromatic N) is 1. The quantitative estimate of drug-likeness (QED) is 0.861. The molecule has 0 fully saturated rings. The number of carbonyl (C=O) groups is 1. The van der Waals surface area contributed by atoms with Crippen molar-refractivity contribution in [3.63, 3.8) is 0 Å². The number of ether oxygens (including phenoxy) is 1. The first-order valence-corrected chi connectivity index (χ1v) is 6.90. The lowest BCUT2D eigenvalue weighted by Gasteiger charge is -2.20. The zero-order valence-electron chi connectivity index (χ0n) is 11.5. The van der Waals surface area contributed by atoms with Gasteiger partial charge in [0, 0.05) is 42.9 Å². The lowest BCUT2D eigenvalue weighted by Crippen LogP contribution is -2.43. The molecular weight excluding hydrogens is 248 g/mol. The third kappa shape index (κ3) is 5.06. The number of aryl methyl sites for hydroxylation is 1. The zero-order chi connectivity index (χ0) is 13.5. The number of methoxy groups -OCH3 is 1. The van der Waals surface area contributed by atoms with E-state index in [1.54, 1.807) is 30.4 Å². The third-order valence-corrected chi connectivity index (χ3v) is 3.67. The predicted octanol–water partition coefficient (Wildman–Crippen LogP) is 2.28. The molecule has 0 saturated heterocycles. The summed E-state index contributed by atoms with van der Waals surface area (Å²) >= 11 is 1.78. The van der Waals surface area contributed by atoms with Crippen LogP contribution in [0.1, 0.15) is 16.7 Å². The fourth-order valence-electron chi connectivity index (χ4n) is 1.60. The molecule has 102 valence electrons. The maximum absolute atomic E-state index is 11.8. The average molecular weight is 270 g/mol. The lowest BCUT2D eigenvalue weighted by molar-refractivity contribution is 0.158. The number of rotatable bonds is 6. The molecule has 0 aliphatic rings. The minimum atomic E-state index is -0.0483. The van der Waals surface area contributed by atoms with Crippen LogP contribution >= 0.6 is 11.3 Å². The molecule has 1 heterocycles. The molecule has 1 aromatic rings. The fourth-order valence-corrected chi connectivity index (χ4v) is 2.62. The molecule has 0 radical (unpaired) electrons. The SMILES string of the molecule is COCCN(C)C(=O)N[C@H](C)Cc1ccc(C)s1. The number of carbonyl (C=O) groups excluding carboxylic acids is 1. The molecule has 5 heteroatoms. The van der Waals surface area contributed by atoms with Crippen LogP contribution in [0.15, 0.2) is 12.1 Å². The Kier molecular flexibility index (Phi) is 6.15. The first-order chi connectivity index (χ1) is 8.52. The van der Waals surface area contributed by atoms with Gasteiger partial charge in [-0.05, 0) is 26.0 Å². The minimum Gasteiger partial charge on any atom is -0.383 e. The lowest BCUT2D eigenvalue weighted by atomic mass is 10.2. The first-order valence-electron chi connectivity index (χ1n) is 6.08. The molecule has 0 saturated carbocycles. The Bertz CT molecular complexity index is 379. The highest BCUT2D eigenvalue weighted by Gasteiger charge is 2.12. The molecule has 0 bridgehead atoms. The van der Waals surface area contributed by atoms with Crippen molar-refractivity contribution in [3.8, 4) is 0 Å². The Balaban J connectivity index is 2.35. The standard InChI is InChI=1S/C13H22N2O2S/c1-10(9-12-6-5-11(2)18-12)14-13(16)15(3)7-8-17-4/h5-6,10H,7-9H2,1-4H3,(H,14,16)/t10-/m1/s1. The van der Waals surface area contributed by atoms with Gasteiger partial charge in [0.1, 0.15) is 0 Å². The molecular formula is C13H22N2O2S. The van der Waals surface area contributed by atoms with E-state index in [0.717, 1.165) is 6.42 Å². The summed E-state index contributed by atoms with van der Waals surface area (Å²) in [4.78, 5) is 16.1. The normalized spacial score (nSPS) is 12.2. The van der Waals surface area contributed by atoms with E-state index in [4.69, 9.17) is 4.74 Å². The summed E-state index contributed by atoms with van der Waals surface area (Å²) in [6.45, 7) is 5.28. The van der Waals surface area contributed by atoms with Crippen LogP contribution in [0.4, 0.5) is 4.79 Å². The van der Waals surface area contributed by atoms with Crippen LogP contribution in [0.25, 0.3) is 0 Å². The van der Waals surface area contributed by atoms with Crippen LogP contribution in [0, 0.1) is 6.92 Å². The Labute approximate surface area is 113 Å². The van der Waals surface area contributed by atoms with E-state index >= 15 is 0 Å². The van der Waals surface area contributed by atoms with E-state index in [2.05, 4.69) is 24.4 Å². The highest BCUT2D eigenvalue weighted by Crippen LogP contribution is 2.16. The van der Waals surface area contributed by atoms with Crippen LogP contribution in [0.5, 0.6) is 0 Å². The molecule has 0 spiro atoms. The van der Waals surface area contributed by atoms with E-state index in [1.165, 1.54) is 9.75 Å². The van der Waals surface area contributed by atoms with Gasteiger partial charge in [0.05, 0.1) is 6.61 Å². The van der Waals surface area contributed by atoms with Gasteiger partial charge in [0.25, 0.3) is 0 Å². The average Bonchev–Trinajstić information content (AvgIpc) is 2.71. The summed E-state index contributed by atoms with van der Waals surface area (Å²) in [6.07, 6.45) is 0.877. The molecule has 0 aliphatic carbocycles. The molecule has 0 unspecified atom stereocenters. The summed E-state index contributed by atoms with van der Waals surface area (Å²) < 4.78 is 4.95. The minimum absolute atomic E-state index is 0.0483. The van der Waals surface area contributed by atoms with E-state index in [-0.39, 0.29) is 12.1 Å². The smallest absolute Gasteiger partial charge is 0.317 e. The van der Waals surface area contributed by atoms with Gasteiger partial charge >= 0.3 is 6.03 Å². The summed E-state index contributed by atoms with van der Waals surface area (Å²) in [5, 5.41) is 2.98. The summed E-state index contributed by atoms with van der Waals surface area (Å²) in [5.74, 6) is 0. The molecule has 1 rings (SSSR count). The first kappa shape index (κ1) is 15.0. The molecule has 18 heavy (non-hydrogen) atoms. The van der Waals surface area contributed by atoms with Gasteiger partial charge in [0.2, 0.25) is 0 Å². The Hall–Kier alpha value is -1.07. The maximum atomic E-state index is 11.8. The van der Waals surface area contributed by atoms with Crippen molar-refractivity contribution in [2.45, 2.75) is 26.3 Å². The predicted molar refractivity (Wildman–Crippen MR) is 75.3 cm³/mol. The topological polar surface area (TPSA) is 41.6 Å². The molecule has 2 amide bonds. The number of amides is 2. The van der Waals surface area contributed by atoms with Crippen LogP contribution < -0.4 is 5.32 Å². The number of hydrogen-bond acceptors (Lipinski definition) is 3. The van der Waals surface area contributed by atoms with Crippen molar-refractivity contribution in [2.75, 3.05) is 27.3 Å². The van der Waals surface area contributed by atoms with Crippen LogP contribution in [-0.4, -0.2) is 44.3 Å². The second-order valence-corrected chi connectivity index (χ2v) is 5.85. The van der Waals surface area contributed by atoms with Gasteiger partial charge in [-0.15, -0.1) is 11.3 Å². The van der Waals surface area contributed by atoms with Gasteiger partial charge in [-0.2, -0.15) is 0 Å². The van der Waals surface area contributed by atoms with Crippen LogP contribution in [0.2, 0.25) is 0 Å². The van der Waals surface area contributed by atoms with Crippen molar-refractivity contribution < 1.29 is 9.53 Å². The van der Waals surface area contributed by atoms with Gasteiger partial charge in [-0.3, -0.25) is 0 Å². The fraction of sp³-hybridized carbons (Fsp3) is 0.615. The Morgan fingerprint density at radius 3 is 2.83 bits per heavy atom. The number of nitrogens with one attached hydrogen (secondary N) is 1. The van der Waals surface area contributed by atoms with Gasteiger partial charge < -0.3 is 15.0 Å². The number of hydrogen-bond donors (Lipinski definition) is 1. The van der Waals surface area contributed by atoms with Crippen molar-refractivity contribution >= 4 is 17.4 Å². The largest absolute Gasteiger partial charge is 0.383 e. The highest BCUT2D eigenvalue weighted by molar-refractivity contribution is 7.11. The monoisotopic (exact) mass is 270 g/mol. The van der Waals surface area contributed by atoms with E-state index in [9.17, 15) is 4.79 Å².